The molecular formula is C21H24N2O8. The number of carbonyl (C=O) groups excluding carboxylic acids is 1. The number of rotatable bonds is 7. The number of ether oxygens (including phenoxy) is 3. The molecule has 166 valence electrons. The minimum atomic E-state index is -1.54. The monoisotopic (exact) mass is 432 g/mol. The molecule has 1 aliphatic heterocycles. The van der Waals surface area contributed by atoms with Gasteiger partial charge in [0.05, 0.1) is 19.9 Å². The van der Waals surface area contributed by atoms with E-state index >= 15 is 0 Å². The second kappa shape index (κ2) is 10.3. The van der Waals surface area contributed by atoms with Crippen LogP contribution in [0.15, 0.2) is 53.6 Å². The van der Waals surface area contributed by atoms with Crippen LogP contribution in [0, 0.1) is 0 Å². The van der Waals surface area contributed by atoms with Crippen molar-refractivity contribution in [1.29, 1.82) is 0 Å². The van der Waals surface area contributed by atoms with Crippen LogP contribution in [0.3, 0.4) is 0 Å². The molecule has 1 heterocycles. The van der Waals surface area contributed by atoms with Gasteiger partial charge in [-0.05, 0) is 54.1 Å². The van der Waals surface area contributed by atoms with Crippen molar-refractivity contribution >= 4 is 12.1 Å². The Morgan fingerprint density at radius 2 is 1.68 bits per heavy atom. The molecule has 2 aromatic carbocycles. The molecule has 0 aliphatic carbocycles. The highest BCUT2D eigenvalue weighted by atomic mass is 16.7. The van der Waals surface area contributed by atoms with Crippen LogP contribution in [0.25, 0.3) is 0 Å². The zero-order valence-electron chi connectivity index (χ0n) is 16.7. The van der Waals surface area contributed by atoms with Gasteiger partial charge in [-0.2, -0.15) is 5.10 Å². The largest absolute Gasteiger partial charge is 0.497 e. The summed E-state index contributed by atoms with van der Waals surface area (Å²) >= 11 is 0. The summed E-state index contributed by atoms with van der Waals surface area (Å²) in [6.45, 7) is -0.555. The normalized spacial score (nSPS) is 25.9. The number of hydrogen-bond acceptors (Lipinski definition) is 9. The van der Waals surface area contributed by atoms with Crippen LogP contribution < -0.4 is 14.9 Å². The number of aliphatic hydroxyl groups is 4. The van der Waals surface area contributed by atoms with Crippen molar-refractivity contribution in [3.8, 4) is 11.5 Å². The van der Waals surface area contributed by atoms with Crippen molar-refractivity contribution in [3.63, 3.8) is 0 Å². The van der Waals surface area contributed by atoms with E-state index in [1.54, 1.807) is 31.4 Å². The van der Waals surface area contributed by atoms with Crippen molar-refractivity contribution in [1.82, 2.24) is 5.43 Å². The molecule has 1 aliphatic rings. The molecular weight excluding hydrogens is 408 g/mol. The first-order valence-corrected chi connectivity index (χ1v) is 9.47. The van der Waals surface area contributed by atoms with Crippen molar-refractivity contribution in [2.24, 2.45) is 5.10 Å². The van der Waals surface area contributed by atoms with Crippen LogP contribution in [0.2, 0.25) is 0 Å². The van der Waals surface area contributed by atoms with Crippen molar-refractivity contribution in [2.45, 2.75) is 30.7 Å². The maximum atomic E-state index is 12.2. The molecule has 0 bridgehead atoms. The van der Waals surface area contributed by atoms with Gasteiger partial charge in [-0.1, -0.05) is 0 Å². The summed E-state index contributed by atoms with van der Waals surface area (Å²) in [5.41, 5.74) is 3.51. The molecule has 5 N–H and O–H groups in total. The molecule has 1 amide bonds. The zero-order chi connectivity index (χ0) is 22.4. The second-order valence-electron chi connectivity index (χ2n) is 6.81. The van der Waals surface area contributed by atoms with Crippen LogP contribution in [0.1, 0.15) is 15.9 Å². The molecule has 3 rings (SSSR count). The molecule has 0 saturated carbocycles. The summed E-state index contributed by atoms with van der Waals surface area (Å²) in [6, 6.07) is 13.1. The summed E-state index contributed by atoms with van der Waals surface area (Å²) in [5.74, 6) is 0.527. The van der Waals surface area contributed by atoms with Crippen molar-refractivity contribution < 1.29 is 39.4 Å². The number of nitrogens with zero attached hydrogens (tertiary/aromatic N) is 1. The topological polar surface area (TPSA) is 150 Å². The van der Waals surface area contributed by atoms with E-state index in [2.05, 4.69) is 10.5 Å². The predicted octanol–water partition coefficient (Wildman–Crippen LogP) is -0.362. The highest BCUT2D eigenvalue weighted by Crippen LogP contribution is 2.24. The average molecular weight is 432 g/mol. The molecule has 0 spiro atoms. The fourth-order valence-electron chi connectivity index (χ4n) is 2.90. The fourth-order valence-corrected chi connectivity index (χ4v) is 2.90. The van der Waals surface area contributed by atoms with Crippen molar-refractivity contribution in [2.75, 3.05) is 13.7 Å². The van der Waals surface area contributed by atoms with E-state index in [1.807, 2.05) is 0 Å². The second-order valence-corrected chi connectivity index (χ2v) is 6.81. The van der Waals surface area contributed by atoms with E-state index in [0.29, 0.717) is 11.3 Å². The summed E-state index contributed by atoms with van der Waals surface area (Å²) < 4.78 is 15.8. The SMILES string of the molecule is COc1ccc(/C=N/NC(=O)c2ccc(O[C@@H]3O[C@H](CO)[C@@H](O)[C@H](O)[C@H]3O)cc2)cc1. The lowest BCUT2D eigenvalue weighted by Gasteiger charge is -2.39. The quantitative estimate of drug-likeness (QED) is 0.294. The van der Waals surface area contributed by atoms with Gasteiger partial charge in [-0.15, -0.1) is 0 Å². The van der Waals surface area contributed by atoms with E-state index in [0.717, 1.165) is 5.56 Å². The molecule has 1 fully saturated rings. The number of aliphatic hydroxyl groups excluding tert-OH is 4. The van der Waals surface area contributed by atoms with Crippen LogP contribution >= 0.6 is 0 Å². The zero-order valence-corrected chi connectivity index (χ0v) is 16.7. The lowest BCUT2D eigenvalue weighted by molar-refractivity contribution is -0.277. The van der Waals surface area contributed by atoms with Crippen LogP contribution in [-0.4, -0.2) is 77.0 Å². The Morgan fingerprint density at radius 1 is 1.03 bits per heavy atom. The highest BCUT2D eigenvalue weighted by Gasteiger charge is 2.44. The van der Waals surface area contributed by atoms with E-state index < -0.39 is 43.2 Å². The summed E-state index contributed by atoms with van der Waals surface area (Å²) in [7, 11) is 1.57. The number of nitrogens with one attached hydrogen (secondary N) is 1. The minimum absolute atomic E-state index is 0.252. The Labute approximate surface area is 178 Å². The number of benzene rings is 2. The number of amides is 1. The Morgan fingerprint density at radius 3 is 2.29 bits per heavy atom. The molecule has 10 nitrogen and oxygen atoms in total. The van der Waals surface area contributed by atoms with Crippen LogP contribution in [0.4, 0.5) is 0 Å². The number of carbonyl (C=O) groups is 1. The van der Waals surface area contributed by atoms with E-state index in [-0.39, 0.29) is 5.75 Å². The molecule has 31 heavy (non-hydrogen) atoms. The lowest BCUT2D eigenvalue weighted by atomic mass is 9.99. The summed E-state index contributed by atoms with van der Waals surface area (Å²) in [4.78, 5) is 12.2. The summed E-state index contributed by atoms with van der Waals surface area (Å²) in [5, 5.41) is 42.7. The third kappa shape index (κ3) is 5.57. The van der Waals surface area contributed by atoms with Gasteiger partial charge in [-0.3, -0.25) is 4.79 Å². The first kappa shape index (κ1) is 22.7. The molecule has 0 aromatic heterocycles. The van der Waals surface area contributed by atoms with Gasteiger partial charge in [0.15, 0.2) is 0 Å². The lowest BCUT2D eigenvalue weighted by Crippen LogP contribution is -2.60. The molecule has 5 atom stereocenters. The van der Waals surface area contributed by atoms with Crippen LogP contribution in [-0.2, 0) is 4.74 Å². The molecule has 10 heteroatoms. The van der Waals surface area contributed by atoms with Gasteiger partial charge >= 0.3 is 0 Å². The van der Waals surface area contributed by atoms with Gasteiger partial charge in [0, 0.05) is 5.56 Å². The number of hydrazone groups is 1. The molecule has 0 radical (unpaired) electrons. The van der Waals surface area contributed by atoms with Gasteiger partial charge in [0.25, 0.3) is 5.91 Å². The van der Waals surface area contributed by atoms with Gasteiger partial charge in [0.2, 0.25) is 6.29 Å². The minimum Gasteiger partial charge on any atom is -0.497 e. The smallest absolute Gasteiger partial charge is 0.271 e. The Bertz CT molecular complexity index is 885. The summed E-state index contributed by atoms with van der Waals surface area (Å²) in [6.07, 6.45) is -5.41. The number of hydrogen-bond donors (Lipinski definition) is 5. The van der Waals surface area contributed by atoms with E-state index in [1.165, 1.54) is 30.5 Å². The molecule has 0 unspecified atom stereocenters. The maximum Gasteiger partial charge on any atom is 0.271 e. The maximum absolute atomic E-state index is 12.2. The fraction of sp³-hybridized carbons (Fsp3) is 0.333. The average Bonchev–Trinajstić information content (AvgIpc) is 2.80. The third-order valence-electron chi connectivity index (χ3n) is 4.71. The standard InChI is InChI=1S/C21H24N2O8/c1-29-14-6-2-12(3-7-14)10-22-23-20(28)13-4-8-15(9-5-13)30-21-19(27)18(26)17(25)16(11-24)31-21/h2-10,16-19,21,24-27H,11H2,1H3,(H,23,28)/b22-10+/t16-,17-,18+,19-,21-/m1/s1. The first-order chi connectivity index (χ1) is 14.9. The van der Waals surface area contributed by atoms with Gasteiger partial charge < -0.3 is 34.6 Å². The van der Waals surface area contributed by atoms with Gasteiger partial charge in [0.1, 0.15) is 35.9 Å². The van der Waals surface area contributed by atoms with Crippen molar-refractivity contribution in [3.05, 3.63) is 59.7 Å². The Hall–Kier alpha value is -3.02. The number of methoxy groups -OCH3 is 1. The Kier molecular flexibility index (Phi) is 7.55. The first-order valence-electron chi connectivity index (χ1n) is 9.47. The van der Waals surface area contributed by atoms with E-state index in [4.69, 9.17) is 14.2 Å². The van der Waals surface area contributed by atoms with Crippen LogP contribution in [0.5, 0.6) is 11.5 Å². The van der Waals surface area contributed by atoms with E-state index in [9.17, 15) is 25.2 Å². The van der Waals surface area contributed by atoms with Gasteiger partial charge in [-0.25, -0.2) is 5.43 Å². The molecule has 2 aromatic rings. The predicted molar refractivity (Wildman–Crippen MR) is 109 cm³/mol. The highest BCUT2D eigenvalue weighted by molar-refractivity contribution is 5.95. The molecule has 1 saturated heterocycles. The Balaban J connectivity index is 1.56. The third-order valence-corrected chi connectivity index (χ3v) is 4.71.